The predicted octanol–water partition coefficient (Wildman–Crippen LogP) is 2.54. The van der Waals surface area contributed by atoms with Crippen molar-refractivity contribution in [1.29, 1.82) is 0 Å². The zero-order valence-corrected chi connectivity index (χ0v) is 12.9. The van der Waals surface area contributed by atoms with Crippen molar-refractivity contribution >= 4 is 40.2 Å². The van der Waals surface area contributed by atoms with E-state index in [4.69, 9.17) is 0 Å². The minimum Gasteiger partial charge on any atom is -0.337 e. The Morgan fingerprint density at radius 3 is 2.76 bits per heavy atom. The molecule has 2 atom stereocenters. The third kappa shape index (κ3) is 2.10. The van der Waals surface area contributed by atoms with E-state index >= 15 is 0 Å². The molecule has 2 saturated heterocycles. The van der Waals surface area contributed by atoms with Gasteiger partial charge in [0, 0.05) is 30.9 Å². The van der Waals surface area contributed by atoms with Gasteiger partial charge in [-0.25, -0.2) is 0 Å². The van der Waals surface area contributed by atoms with Gasteiger partial charge < -0.3 is 9.80 Å². The second kappa shape index (κ2) is 4.96. The molecule has 2 fully saturated rings. The lowest BCUT2D eigenvalue weighted by molar-refractivity contribution is -0.120. The van der Waals surface area contributed by atoms with E-state index in [2.05, 4.69) is 0 Å². The summed E-state index contributed by atoms with van der Waals surface area (Å²) in [5.74, 6) is 0.462. The maximum atomic E-state index is 12.5. The molecule has 108 valence electrons. The van der Waals surface area contributed by atoms with Crippen LogP contribution in [-0.4, -0.2) is 36.3 Å². The molecule has 0 spiro atoms. The van der Waals surface area contributed by atoms with E-state index in [-0.39, 0.29) is 23.7 Å². The second-order valence-electron chi connectivity index (χ2n) is 5.48. The summed E-state index contributed by atoms with van der Waals surface area (Å²) in [7, 11) is 0. The number of nitrogens with zero attached hydrogens (tertiary/aromatic N) is 2. The van der Waals surface area contributed by atoms with E-state index in [0.717, 1.165) is 17.1 Å². The highest BCUT2D eigenvalue weighted by Crippen LogP contribution is 2.36. The van der Waals surface area contributed by atoms with Crippen molar-refractivity contribution in [2.75, 3.05) is 24.5 Å². The van der Waals surface area contributed by atoms with Crippen LogP contribution in [-0.2, 0) is 4.79 Å². The molecule has 0 N–H and O–H groups in total. The summed E-state index contributed by atoms with van der Waals surface area (Å²) >= 11 is 3.06. The molecule has 4 nitrogen and oxygen atoms in total. The highest BCUT2D eigenvalue weighted by Gasteiger charge is 2.48. The molecule has 2 aliphatic heterocycles. The second-order valence-corrected chi connectivity index (χ2v) is 7.21. The summed E-state index contributed by atoms with van der Waals surface area (Å²) in [5.41, 5.74) is 0.996. The maximum Gasteiger partial charge on any atom is 0.263 e. The molecule has 2 aromatic rings. The number of carbonyl (C=O) groups excluding carboxylic acids is 2. The van der Waals surface area contributed by atoms with Crippen molar-refractivity contribution in [1.82, 2.24) is 4.90 Å². The van der Waals surface area contributed by atoms with Crippen molar-refractivity contribution in [3.05, 3.63) is 39.2 Å². The summed E-state index contributed by atoms with van der Waals surface area (Å²) in [6.45, 7) is 1.98. The van der Waals surface area contributed by atoms with Gasteiger partial charge in [0.2, 0.25) is 5.91 Å². The fourth-order valence-corrected chi connectivity index (χ4v) is 4.56. The van der Waals surface area contributed by atoms with Gasteiger partial charge in [-0.15, -0.1) is 11.3 Å². The summed E-state index contributed by atoms with van der Waals surface area (Å²) < 4.78 is 0. The van der Waals surface area contributed by atoms with Crippen LogP contribution in [0.3, 0.4) is 0 Å². The number of amides is 2. The Balaban J connectivity index is 1.50. The van der Waals surface area contributed by atoms with Crippen molar-refractivity contribution in [2.45, 2.75) is 0 Å². The van der Waals surface area contributed by atoms with Gasteiger partial charge in [-0.3, -0.25) is 9.59 Å². The van der Waals surface area contributed by atoms with E-state index < -0.39 is 0 Å². The van der Waals surface area contributed by atoms with Crippen LogP contribution in [0.15, 0.2) is 34.3 Å². The molecule has 0 radical (unpaired) electrons. The summed E-state index contributed by atoms with van der Waals surface area (Å²) in [4.78, 5) is 29.4. The zero-order chi connectivity index (χ0) is 14.4. The molecule has 2 aromatic heterocycles. The van der Waals surface area contributed by atoms with Gasteiger partial charge in [0.1, 0.15) is 0 Å². The highest BCUT2D eigenvalue weighted by molar-refractivity contribution is 7.12. The average Bonchev–Trinajstić information content (AvgIpc) is 3.25. The van der Waals surface area contributed by atoms with Crippen molar-refractivity contribution in [3.63, 3.8) is 0 Å². The largest absolute Gasteiger partial charge is 0.337 e. The number of carbonyl (C=O) groups is 2. The van der Waals surface area contributed by atoms with Gasteiger partial charge in [0.15, 0.2) is 0 Å². The normalized spacial score (nSPS) is 24.7. The molecule has 4 heterocycles. The van der Waals surface area contributed by atoms with Crippen LogP contribution in [0, 0.1) is 11.8 Å². The van der Waals surface area contributed by atoms with Crippen LogP contribution in [0.2, 0.25) is 0 Å². The SMILES string of the molecule is O=C(c1cccs1)N1C[C@@H]2CN(c3ccsc3)C(=O)[C@@H]2C1. The molecule has 0 bridgehead atoms. The molecule has 0 aliphatic carbocycles. The van der Waals surface area contributed by atoms with Crippen LogP contribution in [0.1, 0.15) is 9.67 Å². The monoisotopic (exact) mass is 318 g/mol. The van der Waals surface area contributed by atoms with E-state index in [0.29, 0.717) is 13.1 Å². The van der Waals surface area contributed by atoms with Crippen LogP contribution in [0.5, 0.6) is 0 Å². The predicted molar refractivity (Wildman–Crippen MR) is 83.9 cm³/mol. The van der Waals surface area contributed by atoms with Crippen LogP contribution < -0.4 is 4.90 Å². The van der Waals surface area contributed by atoms with Crippen LogP contribution in [0.25, 0.3) is 0 Å². The van der Waals surface area contributed by atoms with E-state index in [1.165, 1.54) is 11.3 Å². The number of fused-ring (bicyclic) bond motifs is 1. The Morgan fingerprint density at radius 1 is 1.19 bits per heavy atom. The molecular formula is C15H14N2O2S2. The smallest absolute Gasteiger partial charge is 0.263 e. The van der Waals surface area contributed by atoms with Gasteiger partial charge >= 0.3 is 0 Å². The minimum atomic E-state index is -0.0335. The third-order valence-electron chi connectivity index (χ3n) is 4.28. The Bertz CT molecular complexity index is 666. The molecule has 0 saturated carbocycles. The van der Waals surface area contributed by atoms with E-state index in [1.807, 2.05) is 44.1 Å². The van der Waals surface area contributed by atoms with E-state index in [9.17, 15) is 9.59 Å². The lowest BCUT2D eigenvalue weighted by Crippen LogP contribution is -2.35. The first-order chi connectivity index (χ1) is 10.2. The van der Waals surface area contributed by atoms with E-state index in [1.54, 1.807) is 11.3 Å². The molecule has 0 unspecified atom stereocenters. The Morgan fingerprint density at radius 2 is 2.10 bits per heavy atom. The first-order valence-electron chi connectivity index (χ1n) is 6.90. The first-order valence-corrected chi connectivity index (χ1v) is 8.72. The fraction of sp³-hybridized carbons (Fsp3) is 0.333. The van der Waals surface area contributed by atoms with Crippen molar-refractivity contribution < 1.29 is 9.59 Å². The number of likely N-dealkylation sites (tertiary alicyclic amines) is 1. The van der Waals surface area contributed by atoms with Gasteiger partial charge in [0.25, 0.3) is 5.91 Å². The standard InChI is InChI=1S/C15H14N2O2S2/c18-14-12-8-16(15(19)13-2-1-4-21-13)6-10(12)7-17(14)11-3-5-20-9-11/h1-5,9-10,12H,6-8H2/t10-,12-/m1/s1. The fourth-order valence-electron chi connectivity index (χ4n) is 3.23. The molecule has 21 heavy (non-hydrogen) atoms. The van der Waals surface area contributed by atoms with Crippen LogP contribution in [0.4, 0.5) is 5.69 Å². The summed E-state index contributed by atoms with van der Waals surface area (Å²) in [6, 6.07) is 5.72. The van der Waals surface area contributed by atoms with Gasteiger partial charge in [-0.1, -0.05) is 6.07 Å². The average molecular weight is 318 g/mol. The van der Waals surface area contributed by atoms with Crippen molar-refractivity contribution in [2.24, 2.45) is 11.8 Å². The zero-order valence-electron chi connectivity index (χ0n) is 11.3. The molecule has 4 rings (SSSR count). The summed E-state index contributed by atoms with van der Waals surface area (Å²) in [6.07, 6.45) is 0. The van der Waals surface area contributed by atoms with Crippen LogP contribution >= 0.6 is 22.7 Å². The molecule has 2 aliphatic rings. The van der Waals surface area contributed by atoms with Gasteiger partial charge in [-0.2, -0.15) is 11.3 Å². The Labute approximate surface area is 130 Å². The lowest BCUT2D eigenvalue weighted by Gasteiger charge is -2.20. The molecule has 0 aromatic carbocycles. The first kappa shape index (κ1) is 13.0. The maximum absolute atomic E-state index is 12.5. The minimum absolute atomic E-state index is 0.0335. The molecular weight excluding hydrogens is 304 g/mol. The number of hydrogen-bond donors (Lipinski definition) is 0. The third-order valence-corrected chi connectivity index (χ3v) is 5.81. The van der Waals surface area contributed by atoms with Gasteiger partial charge in [-0.05, 0) is 22.9 Å². The number of rotatable bonds is 2. The lowest BCUT2D eigenvalue weighted by atomic mass is 10.0. The quantitative estimate of drug-likeness (QED) is 0.854. The number of hydrogen-bond acceptors (Lipinski definition) is 4. The van der Waals surface area contributed by atoms with Crippen molar-refractivity contribution in [3.8, 4) is 0 Å². The topological polar surface area (TPSA) is 40.6 Å². The Hall–Kier alpha value is -1.66. The highest BCUT2D eigenvalue weighted by atomic mass is 32.1. The molecule has 2 amide bonds. The van der Waals surface area contributed by atoms with Gasteiger partial charge in [0.05, 0.1) is 16.5 Å². The summed E-state index contributed by atoms with van der Waals surface area (Å²) in [5, 5.41) is 5.91. The Kier molecular flexibility index (Phi) is 3.08. The number of anilines is 1. The molecule has 6 heteroatoms. The number of thiophene rings is 2.